The van der Waals surface area contributed by atoms with E-state index in [9.17, 15) is 0 Å². The summed E-state index contributed by atoms with van der Waals surface area (Å²) in [5, 5.41) is 0. The molecular formula is C61H50N2. The zero-order chi connectivity index (χ0) is 42.3. The van der Waals surface area contributed by atoms with Crippen LogP contribution in [0.5, 0.6) is 0 Å². The first-order valence-corrected chi connectivity index (χ1v) is 22.4. The van der Waals surface area contributed by atoms with Gasteiger partial charge in [0.05, 0.1) is 5.69 Å². The normalized spacial score (nSPS) is 13.4. The molecule has 5 aliphatic carbocycles. The predicted octanol–water partition coefficient (Wildman–Crippen LogP) is 16.2. The van der Waals surface area contributed by atoms with Gasteiger partial charge in [-0.1, -0.05) is 184 Å². The van der Waals surface area contributed by atoms with E-state index < -0.39 is 0 Å². The van der Waals surface area contributed by atoms with Crippen LogP contribution in [-0.2, 0) is 31.1 Å². The zero-order valence-corrected chi connectivity index (χ0v) is 36.0. The highest BCUT2D eigenvalue weighted by atomic mass is 15.2. The highest BCUT2D eigenvalue weighted by Crippen LogP contribution is 2.53. The van der Waals surface area contributed by atoms with Gasteiger partial charge in [-0.15, -0.1) is 0 Å². The monoisotopic (exact) mass is 810 g/mol. The van der Waals surface area contributed by atoms with Crippen molar-refractivity contribution in [2.75, 3.05) is 9.80 Å². The van der Waals surface area contributed by atoms with Crippen LogP contribution >= 0.6 is 0 Å². The quantitative estimate of drug-likeness (QED) is 0.151. The number of rotatable bonds is 8. The molecule has 0 atom stereocenters. The minimum Gasteiger partial charge on any atom is -0.310 e. The molecule has 9 aromatic rings. The van der Waals surface area contributed by atoms with Gasteiger partial charge in [-0.25, -0.2) is 0 Å². The van der Waals surface area contributed by atoms with E-state index in [1.54, 1.807) is 0 Å². The molecule has 4 bridgehead atoms. The van der Waals surface area contributed by atoms with E-state index in [2.05, 4.69) is 242 Å². The Labute approximate surface area is 372 Å². The molecule has 0 heterocycles. The fourth-order valence-corrected chi connectivity index (χ4v) is 10.2. The number of fused-ring (bicyclic) bond motifs is 3. The van der Waals surface area contributed by atoms with Gasteiger partial charge in [-0.05, 0) is 130 Å². The summed E-state index contributed by atoms with van der Waals surface area (Å²) in [6, 6.07) is 81.2. The van der Waals surface area contributed by atoms with E-state index in [1.807, 2.05) is 0 Å². The van der Waals surface area contributed by atoms with Crippen LogP contribution in [0.4, 0.5) is 34.1 Å². The van der Waals surface area contributed by atoms with E-state index in [-0.39, 0.29) is 5.41 Å². The van der Waals surface area contributed by atoms with Gasteiger partial charge in [0, 0.05) is 45.0 Å². The van der Waals surface area contributed by atoms with Crippen LogP contribution in [0.3, 0.4) is 0 Å². The Morgan fingerprint density at radius 2 is 0.794 bits per heavy atom. The van der Waals surface area contributed by atoms with Gasteiger partial charge in [0.1, 0.15) is 0 Å². The third-order valence-electron chi connectivity index (χ3n) is 13.4. The maximum absolute atomic E-state index is 2.62. The van der Waals surface area contributed by atoms with Crippen LogP contribution < -0.4 is 9.80 Å². The summed E-state index contributed by atoms with van der Waals surface area (Å²) >= 11 is 0. The molecule has 0 saturated heterocycles. The average molecular weight is 811 g/mol. The SMILES string of the molecule is CC1(C)c2ccccc2-c2ccc(N(c3cc4ccc3CCc3ccc(c(N(c5ccccc5)c5ccccc5)c3)CC4)c3c(-c4ccccc4)cccc3-c3ccccc3)cc21. The largest absolute Gasteiger partial charge is 0.310 e. The summed E-state index contributed by atoms with van der Waals surface area (Å²) in [7, 11) is 0. The Balaban J connectivity index is 1.11. The summed E-state index contributed by atoms with van der Waals surface area (Å²) in [6.45, 7) is 4.78. The van der Waals surface area contributed by atoms with Crippen molar-refractivity contribution in [2.24, 2.45) is 0 Å². The molecule has 14 rings (SSSR count). The third-order valence-corrected chi connectivity index (χ3v) is 13.4. The van der Waals surface area contributed by atoms with Crippen molar-refractivity contribution >= 4 is 34.1 Å². The van der Waals surface area contributed by atoms with Gasteiger partial charge < -0.3 is 9.80 Å². The van der Waals surface area contributed by atoms with Gasteiger partial charge in [0.2, 0.25) is 0 Å². The van der Waals surface area contributed by atoms with Crippen LogP contribution in [0, 0.1) is 0 Å². The summed E-state index contributed by atoms with van der Waals surface area (Å²) in [4.78, 5) is 5.06. The molecule has 0 aliphatic heterocycles. The summed E-state index contributed by atoms with van der Waals surface area (Å²) in [5.41, 5.74) is 22.6. The molecule has 2 nitrogen and oxygen atoms in total. The zero-order valence-electron chi connectivity index (χ0n) is 36.0. The van der Waals surface area contributed by atoms with Crippen molar-refractivity contribution in [3.8, 4) is 33.4 Å². The lowest BCUT2D eigenvalue weighted by Gasteiger charge is -2.34. The van der Waals surface area contributed by atoms with Crippen molar-refractivity contribution in [1.29, 1.82) is 0 Å². The van der Waals surface area contributed by atoms with Crippen LogP contribution in [0.1, 0.15) is 47.2 Å². The van der Waals surface area contributed by atoms with E-state index in [4.69, 9.17) is 0 Å². The van der Waals surface area contributed by atoms with Gasteiger partial charge in [-0.2, -0.15) is 0 Å². The molecule has 0 radical (unpaired) electrons. The molecular weight excluding hydrogens is 761 g/mol. The first-order chi connectivity index (χ1) is 31.0. The van der Waals surface area contributed by atoms with Crippen LogP contribution in [0.15, 0.2) is 218 Å². The third kappa shape index (κ3) is 7.02. The molecule has 0 N–H and O–H groups in total. The minimum absolute atomic E-state index is 0.145. The molecule has 304 valence electrons. The second-order valence-electron chi connectivity index (χ2n) is 17.6. The van der Waals surface area contributed by atoms with Crippen molar-refractivity contribution < 1.29 is 0 Å². The number of aryl methyl sites for hydroxylation is 4. The molecule has 0 saturated carbocycles. The lowest BCUT2D eigenvalue weighted by molar-refractivity contribution is 0.660. The van der Waals surface area contributed by atoms with Gasteiger partial charge in [0.25, 0.3) is 0 Å². The molecule has 5 aliphatic rings. The first kappa shape index (κ1) is 38.5. The Morgan fingerprint density at radius 3 is 1.35 bits per heavy atom. The smallest absolute Gasteiger partial charge is 0.0618 e. The number of hydrogen-bond acceptors (Lipinski definition) is 2. The molecule has 0 spiro atoms. The molecule has 0 amide bonds. The van der Waals surface area contributed by atoms with E-state index in [0.29, 0.717) is 0 Å². The molecule has 9 aromatic carbocycles. The van der Waals surface area contributed by atoms with E-state index in [0.717, 1.165) is 25.7 Å². The molecule has 0 unspecified atom stereocenters. The topological polar surface area (TPSA) is 6.48 Å². The van der Waals surface area contributed by atoms with Crippen molar-refractivity contribution in [2.45, 2.75) is 44.9 Å². The van der Waals surface area contributed by atoms with Gasteiger partial charge in [-0.3, -0.25) is 0 Å². The van der Waals surface area contributed by atoms with Crippen molar-refractivity contribution in [3.63, 3.8) is 0 Å². The lowest BCUT2D eigenvalue weighted by Crippen LogP contribution is -2.18. The average Bonchev–Trinajstić information content (AvgIpc) is 3.56. The second-order valence-corrected chi connectivity index (χ2v) is 17.6. The maximum atomic E-state index is 2.62. The van der Waals surface area contributed by atoms with Crippen LogP contribution in [0.2, 0.25) is 0 Å². The number of para-hydroxylation sites is 3. The lowest BCUT2D eigenvalue weighted by atomic mass is 9.82. The molecule has 2 heteroatoms. The Kier molecular flexibility index (Phi) is 9.85. The highest BCUT2D eigenvalue weighted by molar-refractivity contribution is 5.99. The van der Waals surface area contributed by atoms with E-state index >= 15 is 0 Å². The predicted molar refractivity (Wildman–Crippen MR) is 266 cm³/mol. The van der Waals surface area contributed by atoms with Crippen LogP contribution in [-0.4, -0.2) is 0 Å². The Morgan fingerprint density at radius 1 is 0.333 bits per heavy atom. The number of anilines is 6. The summed E-state index contributed by atoms with van der Waals surface area (Å²) in [5.74, 6) is 0. The summed E-state index contributed by atoms with van der Waals surface area (Å²) in [6.07, 6.45) is 3.61. The standard InChI is InChI=1S/C61H50N2/c1-61(2)56-29-16-15-26-54(56)55-39-38-51(42-57(55)61)63(60-52(45-18-7-3-8-19-45)27-17-28-53(60)46-20-9-4-10-21-46)59-41-44-31-35-47-34-30-43(32-36-48(59)37-33-44)40-58(47)62(49-22-11-5-12-23-49)50-24-13-6-14-25-50/h3-30,33-34,37-42H,31-32,35-36H2,1-2H3. The van der Waals surface area contributed by atoms with Gasteiger partial charge in [0.15, 0.2) is 0 Å². The maximum Gasteiger partial charge on any atom is 0.0618 e. The highest BCUT2D eigenvalue weighted by Gasteiger charge is 2.36. The second kappa shape index (κ2) is 16.1. The van der Waals surface area contributed by atoms with Crippen molar-refractivity contribution in [1.82, 2.24) is 0 Å². The number of benzene rings is 9. The minimum atomic E-state index is -0.145. The fraction of sp³-hybridized carbons (Fsp3) is 0.115. The Bertz CT molecular complexity index is 2980. The van der Waals surface area contributed by atoms with Gasteiger partial charge >= 0.3 is 0 Å². The first-order valence-electron chi connectivity index (χ1n) is 22.4. The van der Waals surface area contributed by atoms with E-state index in [1.165, 1.54) is 101 Å². The number of hydrogen-bond donors (Lipinski definition) is 0. The van der Waals surface area contributed by atoms with Crippen molar-refractivity contribution in [3.05, 3.63) is 252 Å². The fourth-order valence-electron chi connectivity index (χ4n) is 10.2. The Hall–Kier alpha value is -7.42. The molecule has 0 aromatic heterocycles. The molecule has 63 heavy (non-hydrogen) atoms. The number of nitrogens with zero attached hydrogens (tertiary/aromatic N) is 2. The van der Waals surface area contributed by atoms with Crippen LogP contribution in [0.25, 0.3) is 33.4 Å². The summed E-state index contributed by atoms with van der Waals surface area (Å²) < 4.78 is 0. The molecule has 0 fully saturated rings.